The molecule has 33 heavy (non-hydrogen) atoms. The van der Waals surface area contributed by atoms with Crippen molar-refractivity contribution in [3.63, 3.8) is 0 Å². The molecular weight excluding hydrogens is 486 g/mol. The van der Waals surface area contributed by atoms with Crippen molar-refractivity contribution in [2.75, 3.05) is 50.8 Å². The maximum Gasteiger partial charge on any atom is 0.230 e. The number of aliphatic hydroxyl groups is 2. The van der Waals surface area contributed by atoms with Crippen LogP contribution in [0.5, 0.6) is 0 Å². The Balaban J connectivity index is 1.44. The van der Waals surface area contributed by atoms with Crippen molar-refractivity contribution < 1.29 is 15.0 Å². The van der Waals surface area contributed by atoms with Gasteiger partial charge in [0.1, 0.15) is 12.1 Å². The number of anilines is 1. The Morgan fingerprint density at radius 2 is 1.91 bits per heavy atom. The summed E-state index contributed by atoms with van der Waals surface area (Å²) in [7, 11) is 0. The highest BCUT2D eigenvalue weighted by molar-refractivity contribution is 9.10. The second-order valence-electron chi connectivity index (χ2n) is 8.83. The zero-order chi connectivity index (χ0) is 23.4. The summed E-state index contributed by atoms with van der Waals surface area (Å²) in [5, 5.41) is 22.5. The minimum Gasteiger partial charge on any atom is -0.395 e. The van der Waals surface area contributed by atoms with Crippen LogP contribution >= 0.6 is 15.9 Å². The third-order valence-electron chi connectivity index (χ3n) is 6.64. The fraction of sp³-hybridized carbons (Fsp3) is 0.542. The summed E-state index contributed by atoms with van der Waals surface area (Å²) in [4.78, 5) is 26.6. The maximum atomic E-state index is 13.5. The third kappa shape index (κ3) is 5.37. The summed E-state index contributed by atoms with van der Waals surface area (Å²) in [6.07, 6.45) is 2.37. The number of aliphatic hydroxyl groups excluding tert-OH is 2. The lowest BCUT2D eigenvalue weighted by Gasteiger charge is -2.38. The van der Waals surface area contributed by atoms with E-state index in [0.29, 0.717) is 52.1 Å². The van der Waals surface area contributed by atoms with Gasteiger partial charge >= 0.3 is 0 Å². The van der Waals surface area contributed by atoms with Crippen LogP contribution in [0.2, 0.25) is 0 Å². The van der Waals surface area contributed by atoms with Crippen molar-refractivity contribution in [2.45, 2.75) is 37.7 Å². The van der Waals surface area contributed by atoms with E-state index in [1.165, 1.54) is 6.33 Å². The van der Waals surface area contributed by atoms with Gasteiger partial charge in [-0.25, -0.2) is 9.97 Å². The smallest absolute Gasteiger partial charge is 0.230 e. The quantitative estimate of drug-likeness (QED) is 0.461. The number of hydrogen-bond acceptors (Lipinski definition) is 7. The summed E-state index contributed by atoms with van der Waals surface area (Å²) in [5.41, 5.74) is 2.80. The lowest BCUT2D eigenvalue weighted by molar-refractivity contribution is -0.133. The number of carbonyl (C=O) groups excluding carboxylic acids is 1. The number of amides is 1. The molecule has 1 aliphatic heterocycles. The van der Waals surface area contributed by atoms with Crippen LogP contribution in [0.25, 0.3) is 0 Å². The maximum absolute atomic E-state index is 13.5. The number of halogens is 1. The first-order valence-corrected chi connectivity index (χ1v) is 12.4. The summed E-state index contributed by atoms with van der Waals surface area (Å²) >= 11 is 3.47. The first-order valence-electron chi connectivity index (χ1n) is 11.6. The normalized spacial score (nSPS) is 21.2. The average molecular weight is 518 g/mol. The van der Waals surface area contributed by atoms with E-state index in [1.54, 1.807) is 0 Å². The number of fused-ring (bicyclic) bond motifs is 1. The van der Waals surface area contributed by atoms with Crippen LogP contribution in [0.1, 0.15) is 54.5 Å². The van der Waals surface area contributed by atoms with E-state index < -0.39 is 6.10 Å². The predicted molar refractivity (Wildman–Crippen MR) is 130 cm³/mol. The van der Waals surface area contributed by atoms with Crippen LogP contribution in [0.3, 0.4) is 0 Å². The molecule has 0 radical (unpaired) electrons. The van der Waals surface area contributed by atoms with Gasteiger partial charge in [-0.1, -0.05) is 35.0 Å². The van der Waals surface area contributed by atoms with Crippen LogP contribution in [0.4, 0.5) is 5.82 Å². The van der Waals surface area contributed by atoms with Crippen LogP contribution in [-0.4, -0.2) is 76.9 Å². The molecule has 178 valence electrons. The summed E-state index contributed by atoms with van der Waals surface area (Å²) in [6.45, 7) is 6.05. The van der Waals surface area contributed by atoms with Gasteiger partial charge < -0.3 is 25.3 Å². The minimum atomic E-state index is -0.522. The highest BCUT2D eigenvalue weighted by Crippen LogP contribution is 2.42. The molecule has 8 nitrogen and oxygen atoms in total. The van der Waals surface area contributed by atoms with Crippen LogP contribution < -0.4 is 10.2 Å². The second-order valence-corrected chi connectivity index (χ2v) is 9.74. The van der Waals surface area contributed by atoms with E-state index in [1.807, 2.05) is 29.2 Å². The van der Waals surface area contributed by atoms with Gasteiger partial charge in [0, 0.05) is 42.8 Å². The van der Waals surface area contributed by atoms with Crippen LogP contribution in [-0.2, 0) is 4.79 Å². The standard InChI is InChI=1S/C24H32BrN5O3/c1-16-14-20(32)22-21(16)23(28-15-27-22)29-9-11-30(12-10-29)24(33)19(6-7-26-8-13-31)17-2-4-18(25)5-3-17/h2-5,15-16,19-20,26,31-32H,6-14H2,1H3/t16-,19?,20-/m1/s1. The first-order chi connectivity index (χ1) is 16.0. The Bertz CT molecular complexity index is 950. The van der Waals surface area contributed by atoms with Gasteiger partial charge in [0.15, 0.2) is 0 Å². The van der Waals surface area contributed by atoms with E-state index >= 15 is 0 Å². The summed E-state index contributed by atoms with van der Waals surface area (Å²) < 4.78 is 0.987. The molecule has 0 saturated carbocycles. The number of nitrogens with one attached hydrogen (secondary N) is 1. The number of piperazine rings is 1. The average Bonchev–Trinajstić information content (AvgIpc) is 3.13. The van der Waals surface area contributed by atoms with E-state index in [4.69, 9.17) is 5.11 Å². The van der Waals surface area contributed by atoms with E-state index in [2.05, 4.69) is 43.0 Å². The molecule has 3 atom stereocenters. The summed E-state index contributed by atoms with van der Waals surface area (Å²) in [5.74, 6) is 1.03. The highest BCUT2D eigenvalue weighted by Gasteiger charge is 2.35. The molecule has 2 aliphatic rings. The number of carbonyl (C=O) groups is 1. The van der Waals surface area contributed by atoms with Gasteiger partial charge in [-0.05, 0) is 43.0 Å². The Morgan fingerprint density at radius 3 is 2.61 bits per heavy atom. The van der Waals surface area contributed by atoms with Crippen molar-refractivity contribution in [1.29, 1.82) is 0 Å². The molecule has 1 saturated heterocycles. The van der Waals surface area contributed by atoms with Crippen molar-refractivity contribution >= 4 is 27.7 Å². The zero-order valence-corrected chi connectivity index (χ0v) is 20.5. The van der Waals surface area contributed by atoms with Gasteiger partial charge in [0.05, 0.1) is 24.3 Å². The molecule has 2 heterocycles. The molecule has 1 amide bonds. The topological polar surface area (TPSA) is 102 Å². The number of nitrogens with zero attached hydrogens (tertiary/aromatic N) is 4. The molecule has 1 aliphatic carbocycles. The van der Waals surface area contributed by atoms with Crippen molar-refractivity contribution in [1.82, 2.24) is 20.2 Å². The van der Waals surface area contributed by atoms with Crippen LogP contribution in [0, 0.1) is 0 Å². The lowest BCUT2D eigenvalue weighted by atomic mass is 9.93. The first kappa shape index (κ1) is 24.1. The molecule has 0 spiro atoms. The molecule has 1 unspecified atom stereocenters. The molecule has 1 aromatic carbocycles. The van der Waals surface area contributed by atoms with E-state index in [0.717, 1.165) is 27.1 Å². The molecule has 2 aromatic rings. The van der Waals surface area contributed by atoms with Crippen molar-refractivity contribution in [2.24, 2.45) is 0 Å². The number of hydrogen-bond donors (Lipinski definition) is 3. The van der Waals surface area contributed by atoms with Crippen molar-refractivity contribution in [3.05, 3.63) is 51.9 Å². The Kier molecular flexibility index (Phi) is 7.95. The fourth-order valence-electron chi connectivity index (χ4n) is 4.89. The number of rotatable bonds is 8. The van der Waals surface area contributed by atoms with Gasteiger partial charge in [0.25, 0.3) is 0 Å². The Labute approximate surface area is 203 Å². The van der Waals surface area contributed by atoms with E-state index in [9.17, 15) is 9.90 Å². The van der Waals surface area contributed by atoms with Gasteiger partial charge in [-0.2, -0.15) is 0 Å². The molecule has 9 heteroatoms. The predicted octanol–water partition coefficient (Wildman–Crippen LogP) is 2.18. The second kappa shape index (κ2) is 10.9. The molecule has 0 bridgehead atoms. The van der Waals surface area contributed by atoms with E-state index in [-0.39, 0.29) is 24.3 Å². The fourth-order valence-corrected chi connectivity index (χ4v) is 5.16. The SMILES string of the molecule is C[C@@H]1C[C@@H](O)c2ncnc(N3CCN(C(=O)C(CCNCCO)c4ccc(Br)cc4)CC3)c21. The molecule has 1 fully saturated rings. The lowest BCUT2D eigenvalue weighted by Crippen LogP contribution is -2.50. The van der Waals surface area contributed by atoms with Crippen molar-refractivity contribution in [3.8, 4) is 0 Å². The van der Waals surface area contributed by atoms with Gasteiger partial charge in [-0.3, -0.25) is 4.79 Å². The molecule has 1 aromatic heterocycles. The largest absolute Gasteiger partial charge is 0.395 e. The van der Waals surface area contributed by atoms with Gasteiger partial charge in [0.2, 0.25) is 5.91 Å². The Morgan fingerprint density at radius 1 is 1.18 bits per heavy atom. The van der Waals surface area contributed by atoms with Gasteiger partial charge in [-0.15, -0.1) is 0 Å². The summed E-state index contributed by atoms with van der Waals surface area (Å²) in [6, 6.07) is 7.96. The Hall–Kier alpha value is -2.07. The number of benzene rings is 1. The monoisotopic (exact) mass is 517 g/mol. The highest BCUT2D eigenvalue weighted by atomic mass is 79.9. The molecule has 3 N–H and O–H groups in total. The van der Waals surface area contributed by atoms with Crippen LogP contribution in [0.15, 0.2) is 35.1 Å². The number of aromatic nitrogens is 2. The zero-order valence-electron chi connectivity index (χ0n) is 19.0. The minimum absolute atomic E-state index is 0.0846. The third-order valence-corrected chi connectivity index (χ3v) is 7.17. The molecule has 4 rings (SSSR count). The molecular formula is C24H32BrN5O3.